The number of esters is 2. The number of hydrogen-bond donors (Lipinski definition) is 0. The predicted molar refractivity (Wildman–Crippen MR) is 198 cm³/mol. The Balaban J connectivity index is 0.000000436. The van der Waals surface area contributed by atoms with Gasteiger partial charge in [0.25, 0.3) is 0 Å². The van der Waals surface area contributed by atoms with Crippen LogP contribution in [0.5, 0.6) is 0 Å². The summed E-state index contributed by atoms with van der Waals surface area (Å²) in [4.78, 5) is 21.8. The van der Waals surface area contributed by atoms with Crippen LogP contribution in [0.25, 0.3) is 0 Å². The van der Waals surface area contributed by atoms with Gasteiger partial charge >= 0.3 is 11.9 Å². The maximum Gasteiger partial charge on any atom is 0.305 e. The van der Waals surface area contributed by atoms with Crippen molar-refractivity contribution in [3.8, 4) is 0 Å². The van der Waals surface area contributed by atoms with Gasteiger partial charge in [-0.05, 0) is 36.0 Å². The van der Waals surface area contributed by atoms with Gasteiger partial charge < -0.3 is 33.1 Å². The molecule has 0 amide bonds. The minimum absolute atomic E-state index is 0.0778. The fraction of sp³-hybridized carbons (Fsp3) is 0.500. The van der Waals surface area contributed by atoms with Gasteiger partial charge in [-0.15, -0.1) is 0 Å². The van der Waals surface area contributed by atoms with Crippen LogP contribution in [0.1, 0.15) is 75.5 Å². The van der Waals surface area contributed by atoms with Gasteiger partial charge in [0.2, 0.25) is 0 Å². The molecule has 0 radical (unpaired) electrons. The lowest BCUT2D eigenvalue weighted by Crippen LogP contribution is -2.55. The van der Waals surface area contributed by atoms with Crippen LogP contribution in [0.4, 0.5) is 0 Å². The second kappa shape index (κ2) is 23.0. The van der Waals surface area contributed by atoms with Crippen molar-refractivity contribution in [3.05, 3.63) is 108 Å². The Bertz CT molecular complexity index is 1260. The molecule has 50 heavy (non-hydrogen) atoms. The Kier molecular flexibility index (Phi) is 20.5. The largest absolute Gasteiger partial charge is 0.871 e. The molecule has 3 rings (SSSR count). The third kappa shape index (κ3) is 17.4. The van der Waals surface area contributed by atoms with Crippen LogP contribution in [-0.4, -0.2) is 96.8 Å². The number of rotatable bonds is 17. The van der Waals surface area contributed by atoms with Gasteiger partial charge in [0.15, 0.2) is 0 Å². The van der Waals surface area contributed by atoms with Crippen LogP contribution >= 0.6 is 0 Å². The normalized spacial score (nSPS) is 12.0. The van der Waals surface area contributed by atoms with Gasteiger partial charge in [0.05, 0.1) is 49.6 Å². The van der Waals surface area contributed by atoms with Gasteiger partial charge in [-0.25, -0.2) is 0 Å². The summed E-state index contributed by atoms with van der Waals surface area (Å²) in [5.74, 6) is -0.337. The van der Waals surface area contributed by atoms with Gasteiger partial charge in [-0.1, -0.05) is 112 Å². The molecule has 0 fully saturated rings. The first-order valence-electron chi connectivity index (χ1n) is 17.7. The molecule has 0 heterocycles. The molecule has 3 aromatic rings. The van der Waals surface area contributed by atoms with Gasteiger partial charge in [-0.2, -0.15) is 0 Å². The second-order valence-electron chi connectivity index (χ2n) is 14.2. The molecule has 0 aromatic heterocycles. The Hall–Kier alpha value is -3.54. The van der Waals surface area contributed by atoms with Crippen LogP contribution in [-0.2, 0) is 29.3 Å². The average Bonchev–Trinajstić information content (AvgIpc) is 3.05. The Labute approximate surface area is 302 Å². The molecule has 3 aromatic carbocycles. The zero-order valence-electron chi connectivity index (χ0n) is 31.9. The highest BCUT2D eigenvalue weighted by Crippen LogP contribution is 2.47. The van der Waals surface area contributed by atoms with E-state index in [2.05, 4.69) is 42.3 Å². The quantitative estimate of drug-likeness (QED) is 0.112. The molecule has 0 saturated heterocycles. The Morgan fingerprint density at radius 1 is 0.640 bits per heavy atom. The number of likely N-dealkylation sites (N-methyl/N-ethyl adjacent to an activating group) is 2. The van der Waals surface area contributed by atoms with E-state index in [1.807, 2.05) is 112 Å². The van der Waals surface area contributed by atoms with Crippen molar-refractivity contribution in [3.63, 3.8) is 0 Å². The van der Waals surface area contributed by atoms with E-state index in [1.165, 1.54) is 0 Å². The SMILES string of the molecule is CCC(c1ccccc1)C(OB([O-])[O-])(c1ccccc1)c1ccccc1.CCCC(=O)OCC[N+](C)(C)C.CCCC(=O)OCC[N+](C)(C)C. The van der Waals surface area contributed by atoms with Gasteiger partial charge in [-0.3, -0.25) is 9.59 Å². The van der Waals surface area contributed by atoms with Crippen LogP contribution < -0.4 is 10.0 Å². The monoisotopic (exact) mass is 692 g/mol. The number of quaternary nitrogens is 2. The standard InChI is InChI=1S/C22H21BO3.2C9H20NO2/c1-2-21(18-12-6-3-7-13-18)22(26-23(24)25,19-14-8-4-9-15-19)20-16-10-5-11-17-20;2*1-5-6-9(11)12-8-7-10(2,3)4/h3-17,21H,2H2,1H3;2*5-8H2,1-4H3/q-2;2*+1. The molecule has 1 atom stereocenters. The molecule has 0 aliphatic heterocycles. The summed E-state index contributed by atoms with van der Waals surface area (Å²) in [6, 6.07) is 29.0. The summed E-state index contributed by atoms with van der Waals surface area (Å²) in [6.45, 7) is 8.80. The van der Waals surface area contributed by atoms with E-state index in [0.717, 1.165) is 51.6 Å². The van der Waals surface area contributed by atoms with E-state index in [0.29, 0.717) is 32.5 Å². The third-order valence-electron chi connectivity index (χ3n) is 7.75. The molecule has 0 bridgehead atoms. The van der Waals surface area contributed by atoms with E-state index in [-0.39, 0.29) is 17.9 Å². The van der Waals surface area contributed by atoms with Crippen LogP contribution in [0, 0.1) is 0 Å². The molecular weight excluding hydrogens is 631 g/mol. The number of ether oxygens (including phenoxy) is 2. The van der Waals surface area contributed by atoms with Crippen molar-refractivity contribution in [1.29, 1.82) is 0 Å². The second-order valence-corrected chi connectivity index (χ2v) is 14.2. The molecular formula is C40H61BN2O7. The summed E-state index contributed by atoms with van der Waals surface area (Å²) >= 11 is 0. The van der Waals surface area contributed by atoms with E-state index in [4.69, 9.17) is 14.1 Å². The number of carbonyl (C=O) groups is 2. The fourth-order valence-electron chi connectivity index (χ4n) is 5.17. The number of nitrogens with zero attached hydrogens (tertiary/aromatic N) is 2. The first-order chi connectivity index (χ1) is 23.6. The summed E-state index contributed by atoms with van der Waals surface area (Å²) in [5.41, 5.74) is 1.49. The first-order valence-corrected chi connectivity index (χ1v) is 17.7. The third-order valence-corrected chi connectivity index (χ3v) is 7.75. The van der Waals surface area contributed by atoms with Crippen molar-refractivity contribution in [2.75, 3.05) is 68.6 Å². The highest BCUT2D eigenvalue weighted by Gasteiger charge is 2.42. The van der Waals surface area contributed by atoms with Crippen LogP contribution in [0.15, 0.2) is 91.0 Å². The van der Waals surface area contributed by atoms with Crippen molar-refractivity contribution in [2.24, 2.45) is 0 Å². The molecule has 0 aliphatic rings. The van der Waals surface area contributed by atoms with E-state index < -0.39 is 12.9 Å². The van der Waals surface area contributed by atoms with Crippen molar-refractivity contribution >= 4 is 19.3 Å². The molecule has 10 heteroatoms. The van der Waals surface area contributed by atoms with E-state index >= 15 is 0 Å². The Morgan fingerprint density at radius 3 is 1.30 bits per heavy atom. The first kappa shape index (κ1) is 44.5. The Morgan fingerprint density at radius 2 is 1.00 bits per heavy atom. The molecule has 0 N–H and O–H groups in total. The van der Waals surface area contributed by atoms with Crippen molar-refractivity contribution < 1.29 is 42.7 Å². The summed E-state index contributed by atoms with van der Waals surface area (Å²) in [7, 11) is 10.1. The zero-order valence-corrected chi connectivity index (χ0v) is 31.9. The fourth-order valence-corrected chi connectivity index (χ4v) is 5.17. The number of carbonyl (C=O) groups excluding carboxylic acids is 2. The maximum absolute atomic E-state index is 11.8. The van der Waals surface area contributed by atoms with Crippen molar-refractivity contribution in [1.82, 2.24) is 0 Å². The lowest BCUT2D eigenvalue weighted by atomic mass is 9.71. The lowest BCUT2D eigenvalue weighted by molar-refractivity contribution is -0.870. The van der Waals surface area contributed by atoms with Crippen LogP contribution in [0.3, 0.4) is 0 Å². The smallest absolute Gasteiger partial charge is 0.305 e. The summed E-state index contributed by atoms with van der Waals surface area (Å²) in [5, 5.41) is 23.5. The van der Waals surface area contributed by atoms with Gasteiger partial charge in [0.1, 0.15) is 31.9 Å². The minimum Gasteiger partial charge on any atom is -0.871 e. The maximum atomic E-state index is 11.8. The molecule has 1 unspecified atom stereocenters. The van der Waals surface area contributed by atoms with Gasteiger partial charge in [0, 0.05) is 18.8 Å². The molecule has 276 valence electrons. The summed E-state index contributed by atoms with van der Waals surface area (Å²) in [6.07, 6.45) is 3.52. The van der Waals surface area contributed by atoms with E-state index in [1.54, 1.807) is 0 Å². The number of hydrogen-bond acceptors (Lipinski definition) is 7. The topological polar surface area (TPSA) is 108 Å². The predicted octanol–water partition coefficient (Wildman–Crippen LogP) is 4.92. The highest BCUT2D eigenvalue weighted by molar-refractivity contribution is 6.28. The van der Waals surface area contributed by atoms with Crippen LogP contribution in [0.2, 0.25) is 0 Å². The molecule has 9 nitrogen and oxygen atoms in total. The highest BCUT2D eigenvalue weighted by atomic mass is 16.6. The number of benzene rings is 3. The minimum atomic E-state index is -2.40. The molecule has 0 saturated carbocycles. The van der Waals surface area contributed by atoms with Crippen molar-refractivity contribution in [2.45, 2.75) is 64.4 Å². The zero-order chi connectivity index (χ0) is 37.6. The molecule has 0 spiro atoms. The lowest BCUT2D eigenvalue weighted by Gasteiger charge is -2.48. The van der Waals surface area contributed by atoms with E-state index in [9.17, 15) is 19.6 Å². The molecule has 0 aliphatic carbocycles. The summed E-state index contributed by atoms with van der Waals surface area (Å²) < 4.78 is 17.4. The average molecular weight is 693 g/mol.